The van der Waals surface area contributed by atoms with Crippen molar-refractivity contribution in [1.29, 1.82) is 0 Å². The van der Waals surface area contributed by atoms with Crippen molar-refractivity contribution in [2.24, 2.45) is 0 Å². The van der Waals surface area contributed by atoms with Gasteiger partial charge in [0.15, 0.2) is 11.6 Å². The highest BCUT2D eigenvalue weighted by Crippen LogP contribution is 2.32. The standard InChI is InChI=1S/C20H20F2N2O2S/c21-14-11-13-5-3-9-24(17(13)12-15(14)22)19(25)16-6-1-2-8-23(16)20(26)18-7-4-10-27-18/h4,7,10-12,16H,1-3,5-6,8-9H2. The SMILES string of the molecule is O=C(C1CCCCN1C(=O)c1cccs1)N1CCCc2cc(F)c(F)cc21. The van der Waals surface area contributed by atoms with Gasteiger partial charge in [-0.05, 0) is 55.2 Å². The van der Waals surface area contributed by atoms with Crippen LogP contribution in [0.1, 0.15) is 40.9 Å². The number of anilines is 1. The highest BCUT2D eigenvalue weighted by molar-refractivity contribution is 7.12. The first-order valence-corrected chi connectivity index (χ1v) is 10.1. The van der Waals surface area contributed by atoms with E-state index in [1.807, 2.05) is 11.4 Å². The molecule has 1 fully saturated rings. The molecule has 0 N–H and O–H groups in total. The minimum absolute atomic E-state index is 0.134. The molecule has 0 radical (unpaired) electrons. The summed E-state index contributed by atoms with van der Waals surface area (Å²) in [6, 6.07) is 5.30. The minimum atomic E-state index is -0.955. The summed E-state index contributed by atoms with van der Waals surface area (Å²) in [6.07, 6.45) is 3.61. The highest BCUT2D eigenvalue weighted by atomic mass is 32.1. The predicted octanol–water partition coefficient (Wildman–Crippen LogP) is 4.00. The van der Waals surface area contributed by atoms with Crippen LogP contribution in [-0.4, -0.2) is 35.8 Å². The molecule has 142 valence electrons. The van der Waals surface area contributed by atoms with Crippen LogP contribution in [-0.2, 0) is 11.2 Å². The van der Waals surface area contributed by atoms with Gasteiger partial charge in [-0.2, -0.15) is 0 Å². The molecule has 1 atom stereocenters. The number of carbonyl (C=O) groups excluding carboxylic acids is 2. The van der Waals surface area contributed by atoms with E-state index in [1.165, 1.54) is 22.3 Å². The zero-order valence-corrected chi connectivity index (χ0v) is 15.6. The van der Waals surface area contributed by atoms with Crippen molar-refractivity contribution in [2.75, 3.05) is 18.0 Å². The van der Waals surface area contributed by atoms with Gasteiger partial charge in [0.2, 0.25) is 5.91 Å². The van der Waals surface area contributed by atoms with E-state index in [-0.39, 0.29) is 11.8 Å². The normalized spacial score (nSPS) is 19.7. The van der Waals surface area contributed by atoms with Gasteiger partial charge < -0.3 is 9.80 Å². The molecule has 2 aliphatic rings. The molecule has 1 unspecified atom stereocenters. The summed E-state index contributed by atoms with van der Waals surface area (Å²) in [7, 11) is 0. The van der Waals surface area contributed by atoms with Crippen LogP contribution < -0.4 is 4.90 Å². The van der Waals surface area contributed by atoms with Gasteiger partial charge in [0.25, 0.3) is 5.91 Å². The number of hydrogen-bond acceptors (Lipinski definition) is 3. The largest absolute Gasteiger partial charge is 0.326 e. The minimum Gasteiger partial charge on any atom is -0.326 e. The van der Waals surface area contributed by atoms with Crippen molar-refractivity contribution in [3.05, 3.63) is 51.7 Å². The maximum atomic E-state index is 13.8. The molecule has 4 nitrogen and oxygen atoms in total. The molecule has 0 bridgehead atoms. The average Bonchev–Trinajstić information content (AvgIpc) is 3.22. The fraction of sp³-hybridized carbons (Fsp3) is 0.400. The number of amides is 2. The van der Waals surface area contributed by atoms with Crippen LogP contribution in [0.3, 0.4) is 0 Å². The number of likely N-dealkylation sites (tertiary alicyclic amines) is 1. The van der Waals surface area contributed by atoms with Gasteiger partial charge in [-0.1, -0.05) is 6.07 Å². The molecular weight excluding hydrogens is 370 g/mol. The van der Waals surface area contributed by atoms with E-state index >= 15 is 0 Å². The molecule has 1 aromatic carbocycles. The second-order valence-electron chi connectivity index (χ2n) is 6.98. The molecule has 0 aliphatic carbocycles. The first kappa shape index (κ1) is 18.1. The summed E-state index contributed by atoms with van der Waals surface area (Å²) < 4.78 is 27.4. The van der Waals surface area contributed by atoms with Gasteiger partial charge in [-0.15, -0.1) is 11.3 Å². The number of nitrogens with zero attached hydrogens (tertiary/aromatic N) is 2. The van der Waals surface area contributed by atoms with Crippen LogP contribution in [0.15, 0.2) is 29.6 Å². The molecule has 0 saturated carbocycles. The smallest absolute Gasteiger partial charge is 0.264 e. The number of fused-ring (bicyclic) bond motifs is 1. The van der Waals surface area contributed by atoms with Crippen molar-refractivity contribution < 1.29 is 18.4 Å². The Kier molecular flexibility index (Phi) is 4.95. The summed E-state index contributed by atoms with van der Waals surface area (Å²) in [5, 5.41) is 1.84. The molecule has 2 aromatic rings. The van der Waals surface area contributed by atoms with Crippen LogP contribution in [0.25, 0.3) is 0 Å². The molecule has 7 heteroatoms. The number of piperidine rings is 1. The molecule has 4 rings (SSSR count). The number of hydrogen-bond donors (Lipinski definition) is 0. The Morgan fingerprint density at radius 1 is 1.07 bits per heavy atom. The van der Waals surface area contributed by atoms with Crippen molar-refractivity contribution in [3.63, 3.8) is 0 Å². The third-order valence-corrected chi connectivity index (χ3v) is 6.14. The maximum absolute atomic E-state index is 13.8. The monoisotopic (exact) mass is 390 g/mol. The van der Waals surface area contributed by atoms with Crippen molar-refractivity contribution in [2.45, 2.75) is 38.1 Å². The third kappa shape index (κ3) is 3.36. The van der Waals surface area contributed by atoms with E-state index < -0.39 is 17.7 Å². The fourth-order valence-corrected chi connectivity index (χ4v) is 4.64. The Morgan fingerprint density at radius 2 is 1.89 bits per heavy atom. The van der Waals surface area contributed by atoms with Crippen LogP contribution in [0.5, 0.6) is 0 Å². The zero-order valence-electron chi connectivity index (χ0n) is 14.8. The molecule has 27 heavy (non-hydrogen) atoms. The topological polar surface area (TPSA) is 40.6 Å². The predicted molar refractivity (Wildman–Crippen MR) is 100 cm³/mol. The molecular formula is C20H20F2N2O2S. The lowest BCUT2D eigenvalue weighted by atomic mass is 9.96. The lowest BCUT2D eigenvalue weighted by Crippen LogP contribution is -2.54. The number of thiophene rings is 1. The van der Waals surface area contributed by atoms with E-state index in [0.717, 1.165) is 18.9 Å². The second-order valence-corrected chi connectivity index (χ2v) is 7.92. The van der Waals surface area contributed by atoms with Gasteiger partial charge in [-0.3, -0.25) is 9.59 Å². The first-order chi connectivity index (χ1) is 13.1. The fourth-order valence-electron chi connectivity index (χ4n) is 3.96. The summed E-state index contributed by atoms with van der Waals surface area (Å²) in [4.78, 5) is 30.0. The molecule has 0 spiro atoms. The summed E-state index contributed by atoms with van der Waals surface area (Å²) in [5.41, 5.74) is 1.07. The Hall–Kier alpha value is -2.28. The zero-order chi connectivity index (χ0) is 19.0. The highest BCUT2D eigenvalue weighted by Gasteiger charge is 2.37. The van der Waals surface area contributed by atoms with E-state index in [0.29, 0.717) is 48.5 Å². The first-order valence-electron chi connectivity index (χ1n) is 9.20. The van der Waals surface area contributed by atoms with E-state index in [1.54, 1.807) is 11.0 Å². The van der Waals surface area contributed by atoms with Gasteiger partial charge >= 0.3 is 0 Å². The average molecular weight is 390 g/mol. The Bertz CT molecular complexity index is 869. The van der Waals surface area contributed by atoms with Crippen molar-refractivity contribution in [1.82, 2.24) is 4.90 Å². The van der Waals surface area contributed by atoms with Crippen molar-refractivity contribution >= 4 is 28.8 Å². The number of benzene rings is 1. The van der Waals surface area contributed by atoms with Gasteiger partial charge in [0, 0.05) is 24.8 Å². The lowest BCUT2D eigenvalue weighted by Gasteiger charge is -2.39. The van der Waals surface area contributed by atoms with Gasteiger partial charge in [0.1, 0.15) is 6.04 Å². The number of rotatable bonds is 2. The Labute approximate surface area is 160 Å². The number of aryl methyl sites for hydroxylation is 1. The summed E-state index contributed by atoms with van der Waals surface area (Å²) in [6.45, 7) is 0.986. The van der Waals surface area contributed by atoms with Crippen LogP contribution in [0.4, 0.5) is 14.5 Å². The van der Waals surface area contributed by atoms with Crippen LogP contribution in [0, 0.1) is 11.6 Å². The van der Waals surface area contributed by atoms with E-state index in [4.69, 9.17) is 0 Å². The molecule has 1 saturated heterocycles. The van der Waals surface area contributed by atoms with Crippen LogP contribution >= 0.6 is 11.3 Å². The molecule has 2 amide bonds. The molecule has 1 aromatic heterocycles. The lowest BCUT2D eigenvalue weighted by molar-refractivity contribution is -0.124. The number of halogens is 2. The van der Waals surface area contributed by atoms with Gasteiger partial charge in [0.05, 0.1) is 4.88 Å². The molecule has 3 heterocycles. The van der Waals surface area contributed by atoms with Crippen molar-refractivity contribution in [3.8, 4) is 0 Å². The summed E-state index contributed by atoms with van der Waals surface area (Å²) >= 11 is 1.36. The summed E-state index contributed by atoms with van der Waals surface area (Å²) in [5.74, 6) is -2.18. The Morgan fingerprint density at radius 3 is 2.67 bits per heavy atom. The van der Waals surface area contributed by atoms with Crippen LogP contribution in [0.2, 0.25) is 0 Å². The van der Waals surface area contributed by atoms with E-state index in [9.17, 15) is 18.4 Å². The molecule has 2 aliphatic heterocycles. The Balaban J connectivity index is 1.64. The van der Waals surface area contributed by atoms with E-state index in [2.05, 4.69) is 0 Å². The second kappa shape index (κ2) is 7.38. The maximum Gasteiger partial charge on any atom is 0.264 e. The third-order valence-electron chi connectivity index (χ3n) is 5.29. The quantitative estimate of drug-likeness (QED) is 0.778. The number of carbonyl (C=O) groups is 2. The van der Waals surface area contributed by atoms with Gasteiger partial charge in [-0.25, -0.2) is 8.78 Å².